The minimum absolute atomic E-state index is 0.220. The van der Waals surface area contributed by atoms with Crippen molar-refractivity contribution in [3.63, 3.8) is 0 Å². The van der Waals surface area contributed by atoms with Gasteiger partial charge in [-0.3, -0.25) is 4.68 Å². The van der Waals surface area contributed by atoms with Gasteiger partial charge in [0.2, 0.25) is 0 Å². The van der Waals surface area contributed by atoms with E-state index in [4.69, 9.17) is 4.74 Å². The number of benzene rings is 1. The van der Waals surface area contributed by atoms with E-state index >= 15 is 0 Å². The minimum atomic E-state index is -0.220. The first-order chi connectivity index (χ1) is 9.61. The predicted molar refractivity (Wildman–Crippen MR) is 76.9 cm³/mol. The van der Waals surface area contributed by atoms with Gasteiger partial charge in [-0.1, -0.05) is 0 Å². The summed E-state index contributed by atoms with van der Waals surface area (Å²) in [7, 11) is 3.57. The summed E-state index contributed by atoms with van der Waals surface area (Å²) in [6.45, 7) is 4.07. The average Bonchev–Trinajstić information content (AvgIpc) is 2.76. The first kappa shape index (κ1) is 14.7. The van der Waals surface area contributed by atoms with Crippen molar-refractivity contribution in [1.82, 2.24) is 15.1 Å². The Hall–Kier alpha value is -1.72. The second-order valence-electron chi connectivity index (χ2n) is 4.81. The van der Waals surface area contributed by atoms with Gasteiger partial charge in [0, 0.05) is 44.6 Å². The molecule has 1 aromatic carbocycles. The van der Waals surface area contributed by atoms with Crippen LogP contribution < -0.4 is 5.32 Å². The third-order valence-corrected chi connectivity index (χ3v) is 3.15. The highest BCUT2D eigenvalue weighted by atomic mass is 19.1. The standard InChI is InChI=1S/C15H20FN3O/c1-11-8-13(16)4-5-14(11)15-12(10-19(2)18-15)9-17-6-7-20-3/h4-5,8,10,17H,6-7,9H2,1-3H3. The molecule has 20 heavy (non-hydrogen) atoms. The van der Waals surface area contributed by atoms with Crippen LogP contribution in [0.4, 0.5) is 4.39 Å². The summed E-state index contributed by atoms with van der Waals surface area (Å²) in [5, 5.41) is 7.80. The van der Waals surface area contributed by atoms with E-state index in [1.165, 1.54) is 12.1 Å². The summed E-state index contributed by atoms with van der Waals surface area (Å²) < 4.78 is 20.0. The lowest BCUT2D eigenvalue weighted by molar-refractivity contribution is 0.199. The molecule has 0 aliphatic heterocycles. The third-order valence-electron chi connectivity index (χ3n) is 3.15. The van der Waals surface area contributed by atoms with E-state index in [0.29, 0.717) is 13.2 Å². The van der Waals surface area contributed by atoms with Crippen LogP contribution in [0.25, 0.3) is 11.3 Å². The molecule has 0 fully saturated rings. The molecule has 0 amide bonds. The SMILES string of the molecule is COCCNCc1cn(C)nc1-c1ccc(F)cc1C. The Balaban J connectivity index is 2.22. The van der Waals surface area contributed by atoms with E-state index in [1.54, 1.807) is 17.9 Å². The first-order valence-electron chi connectivity index (χ1n) is 6.60. The normalized spacial score (nSPS) is 11.0. The molecule has 108 valence electrons. The Bertz CT molecular complexity index is 580. The molecule has 1 N–H and O–H groups in total. The third kappa shape index (κ3) is 3.43. The number of nitrogens with zero attached hydrogens (tertiary/aromatic N) is 2. The van der Waals surface area contributed by atoms with Crippen LogP contribution in [0.5, 0.6) is 0 Å². The van der Waals surface area contributed by atoms with Crippen LogP contribution >= 0.6 is 0 Å². The molecule has 0 bridgehead atoms. The molecule has 0 atom stereocenters. The van der Waals surface area contributed by atoms with Crippen molar-refractivity contribution in [1.29, 1.82) is 0 Å². The Kier molecular flexibility index (Phi) is 4.87. The van der Waals surface area contributed by atoms with Gasteiger partial charge in [-0.05, 0) is 30.7 Å². The zero-order valence-electron chi connectivity index (χ0n) is 12.1. The Morgan fingerprint density at radius 3 is 2.90 bits per heavy atom. The molecular weight excluding hydrogens is 257 g/mol. The van der Waals surface area contributed by atoms with Crippen LogP contribution in [0.3, 0.4) is 0 Å². The summed E-state index contributed by atoms with van der Waals surface area (Å²) in [5.74, 6) is -0.220. The van der Waals surface area contributed by atoms with Gasteiger partial charge in [-0.15, -0.1) is 0 Å². The zero-order valence-corrected chi connectivity index (χ0v) is 12.1. The molecule has 2 rings (SSSR count). The molecule has 0 saturated carbocycles. The van der Waals surface area contributed by atoms with Gasteiger partial charge in [0.05, 0.1) is 12.3 Å². The number of aromatic nitrogens is 2. The maximum atomic E-state index is 13.2. The fraction of sp³-hybridized carbons (Fsp3) is 0.400. The topological polar surface area (TPSA) is 39.1 Å². The van der Waals surface area contributed by atoms with Gasteiger partial charge in [0.15, 0.2) is 0 Å². The number of halogens is 1. The quantitative estimate of drug-likeness (QED) is 0.823. The van der Waals surface area contributed by atoms with E-state index in [-0.39, 0.29) is 5.82 Å². The molecule has 0 aliphatic rings. The molecule has 5 heteroatoms. The summed E-state index contributed by atoms with van der Waals surface area (Å²) in [4.78, 5) is 0. The molecule has 2 aromatic rings. The maximum absolute atomic E-state index is 13.2. The Labute approximate surface area is 118 Å². The second-order valence-corrected chi connectivity index (χ2v) is 4.81. The van der Waals surface area contributed by atoms with Crippen LogP contribution in [0.2, 0.25) is 0 Å². The number of ether oxygens (including phenoxy) is 1. The van der Waals surface area contributed by atoms with Gasteiger partial charge < -0.3 is 10.1 Å². The summed E-state index contributed by atoms with van der Waals surface area (Å²) >= 11 is 0. The van der Waals surface area contributed by atoms with E-state index < -0.39 is 0 Å². The second kappa shape index (κ2) is 6.63. The summed E-state index contributed by atoms with van der Waals surface area (Å²) in [5.41, 5.74) is 3.85. The van der Waals surface area contributed by atoms with Crippen LogP contribution in [0, 0.1) is 12.7 Å². The molecule has 0 unspecified atom stereocenters. The van der Waals surface area contributed by atoms with E-state index in [9.17, 15) is 4.39 Å². The lowest BCUT2D eigenvalue weighted by Gasteiger charge is -2.07. The Morgan fingerprint density at radius 1 is 1.40 bits per heavy atom. The van der Waals surface area contributed by atoms with Crippen LogP contribution in [0.1, 0.15) is 11.1 Å². The summed E-state index contributed by atoms with van der Waals surface area (Å²) in [6.07, 6.45) is 1.98. The molecule has 0 radical (unpaired) electrons. The number of nitrogens with one attached hydrogen (secondary N) is 1. The number of methoxy groups -OCH3 is 1. The van der Waals surface area contributed by atoms with Crippen molar-refractivity contribution in [2.24, 2.45) is 7.05 Å². The van der Waals surface area contributed by atoms with Gasteiger partial charge in [0.25, 0.3) is 0 Å². The zero-order chi connectivity index (χ0) is 14.5. The monoisotopic (exact) mass is 277 g/mol. The molecule has 1 aromatic heterocycles. The van der Waals surface area contributed by atoms with Crippen LogP contribution in [-0.2, 0) is 18.3 Å². The van der Waals surface area contributed by atoms with Gasteiger partial charge >= 0.3 is 0 Å². The molecule has 4 nitrogen and oxygen atoms in total. The van der Waals surface area contributed by atoms with Crippen LogP contribution in [0.15, 0.2) is 24.4 Å². The minimum Gasteiger partial charge on any atom is -0.383 e. The average molecular weight is 277 g/mol. The number of hydrogen-bond donors (Lipinski definition) is 1. The lowest BCUT2D eigenvalue weighted by Crippen LogP contribution is -2.18. The fourth-order valence-electron chi connectivity index (χ4n) is 2.18. The highest BCUT2D eigenvalue weighted by molar-refractivity contribution is 5.66. The van der Waals surface area contributed by atoms with E-state index in [2.05, 4.69) is 10.4 Å². The predicted octanol–water partition coefficient (Wildman–Crippen LogP) is 2.27. The van der Waals surface area contributed by atoms with Crippen molar-refractivity contribution < 1.29 is 9.13 Å². The van der Waals surface area contributed by atoms with Crippen LogP contribution in [-0.4, -0.2) is 30.0 Å². The largest absolute Gasteiger partial charge is 0.383 e. The lowest BCUT2D eigenvalue weighted by atomic mass is 10.0. The van der Waals surface area contributed by atoms with Crippen molar-refractivity contribution in [3.05, 3.63) is 41.3 Å². The van der Waals surface area contributed by atoms with Crippen molar-refractivity contribution in [2.75, 3.05) is 20.3 Å². The van der Waals surface area contributed by atoms with Crippen molar-refractivity contribution in [2.45, 2.75) is 13.5 Å². The molecular formula is C15H20FN3O. The molecule has 1 heterocycles. The smallest absolute Gasteiger partial charge is 0.123 e. The maximum Gasteiger partial charge on any atom is 0.123 e. The highest BCUT2D eigenvalue weighted by Crippen LogP contribution is 2.25. The van der Waals surface area contributed by atoms with Gasteiger partial charge in [-0.2, -0.15) is 5.10 Å². The van der Waals surface area contributed by atoms with E-state index in [0.717, 1.165) is 28.9 Å². The first-order valence-corrected chi connectivity index (χ1v) is 6.60. The highest BCUT2D eigenvalue weighted by Gasteiger charge is 2.12. The van der Waals surface area contributed by atoms with Gasteiger partial charge in [-0.25, -0.2) is 4.39 Å². The fourth-order valence-corrected chi connectivity index (χ4v) is 2.18. The van der Waals surface area contributed by atoms with E-state index in [1.807, 2.05) is 20.2 Å². The Morgan fingerprint density at radius 2 is 2.20 bits per heavy atom. The van der Waals surface area contributed by atoms with Crippen molar-refractivity contribution >= 4 is 0 Å². The summed E-state index contributed by atoms with van der Waals surface area (Å²) in [6, 6.07) is 4.79. The molecule has 0 aliphatic carbocycles. The molecule has 0 spiro atoms. The molecule has 0 saturated heterocycles. The van der Waals surface area contributed by atoms with Crippen molar-refractivity contribution in [3.8, 4) is 11.3 Å². The van der Waals surface area contributed by atoms with Gasteiger partial charge in [0.1, 0.15) is 5.82 Å². The number of aryl methyl sites for hydroxylation is 2. The number of hydrogen-bond acceptors (Lipinski definition) is 3. The number of rotatable bonds is 6.